The van der Waals surface area contributed by atoms with Crippen molar-refractivity contribution < 1.29 is 4.74 Å². The van der Waals surface area contributed by atoms with E-state index in [9.17, 15) is 0 Å². The van der Waals surface area contributed by atoms with Gasteiger partial charge < -0.3 is 10.1 Å². The van der Waals surface area contributed by atoms with Crippen molar-refractivity contribution in [3.63, 3.8) is 0 Å². The maximum absolute atomic E-state index is 6.06. The molecule has 2 rings (SSSR count). The minimum Gasteiger partial charge on any atom is -0.496 e. The second-order valence-electron chi connectivity index (χ2n) is 3.75. The Morgan fingerprint density at radius 1 is 1.22 bits per heavy atom. The summed E-state index contributed by atoms with van der Waals surface area (Å²) in [6, 6.07) is 9.53. The third-order valence-corrected chi connectivity index (χ3v) is 4.20. The standard InChI is InChI=1S/C13H13Cl2NOS/c1-16-13(11-5-6-12(15)18-11)9-7-8(14)3-4-10(9)17-2/h3-7,13,16H,1-2H3. The molecular weight excluding hydrogens is 289 g/mol. The van der Waals surface area contributed by atoms with Crippen LogP contribution in [0.3, 0.4) is 0 Å². The first-order valence-electron chi connectivity index (χ1n) is 5.41. The molecule has 0 bridgehead atoms. The molecule has 2 aromatic rings. The van der Waals surface area contributed by atoms with Gasteiger partial charge in [0.15, 0.2) is 0 Å². The minimum atomic E-state index is 0.0242. The molecule has 0 aliphatic heterocycles. The third kappa shape index (κ3) is 2.81. The normalized spacial score (nSPS) is 12.4. The van der Waals surface area contributed by atoms with Crippen LogP contribution in [0.1, 0.15) is 16.5 Å². The van der Waals surface area contributed by atoms with Gasteiger partial charge in [-0.05, 0) is 37.4 Å². The molecule has 1 unspecified atom stereocenters. The van der Waals surface area contributed by atoms with Gasteiger partial charge in [-0.1, -0.05) is 23.2 Å². The van der Waals surface area contributed by atoms with Gasteiger partial charge in [0.05, 0.1) is 17.5 Å². The van der Waals surface area contributed by atoms with E-state index in [1.165, 1.54) is 0 Å². The van der Waals surface area contributed by atoms with Crippen LogP contribution in [0.25, 0.3) is 0 Å². The molecule has 18 heavy (non-hydrogen) atoms. The average molecular weight is 302 g/mol. The van der Waals surface area contributed by atoms with Crippen LogP contribution in [0, 0.1) is 0 Å². The molecule has 0 aliphatic carbocycles. The quantitative estimate of drug-likeness (QED) is 0.905. The van der Waals surface area contributed by atoms with Gasteiger partial charge in [0.2, 0.25) is 0 Å². The number of methoxy groups -OCH3 is 1. The number of nitrogens with one attached hydrogen (secondary N) is 1. The number of ether oxygens (including phenoxy) is 1. The van der Waals surface area contributed by atoms with Crippen LogP contribution in [-0.2, 0) is 0 Å². The third-order valence-electron chi connectivity index (χ3n) is 2.67. The van der Waals surface area contributed by atoms with Gasteiger partial charge in [-0.15, -0.1) is 11.3 Å². The first-order chi connectivity index (χ1) is 8.65. The average Bonchev–Trinajstić information content (AvgIpc) is 2.77. The van der Waals surface area contributed by atoms with Crippen molar-refractivity contribution in [1.29, 1.82) is 0 Å². The Bertz CT molecular complexity index is 542. The fraction of sp³-hybridized carbons (Fsp3) is 0.231. The SMILES string of the molecule is CNC(c1ccc(Cl)s1)c1cc(Cl)ccc1OC. The lowest BCUT2D eigenvalue weighted by Gasteiger charge is -2.18. The molecule has 0 radical (unpaired) electrons. The van der Waals surface area contributed by atoms with Gasteiger partial charge in [0, 0.05) is 15.5 Å². The van der Waals surface area contributed by atoms with Crippen molar-refractivity contribution in [2.24, 2.45) is 0 Å². The molecule has 1 aromatic heterocycles. The summed E-state index contributed by atoms with van der Waals surface area (Å²) in [5.41, 5.74) is 1.01. The molecular formula is C13H13Cl2NOS. The molecule has 0 amide bonds. The Balaban J connectivity index is 2.47. The summed E-state index contributed by atoms with van der Waals surface area (Å²) < 4.78 is 6.15. The number of halogens is 2. The van der Waals surface area contributed by atoms with Crippen molar-refractivity contribution in [2.45, 2.75) is 6.04 Å². The summed E-state index contributed by atoms with van der Waals surface area (Å²) >= 11 is 13.6. The number of benzene rings is 1. The largest absolute Gasteiger partial charge is 0.496 e. The van der Waals surface area contributed by atoms with E-state index >= 15 is 0 Å². The van der Waals surface area contributed by atoms with E-state index in [0.717, 1.165) is 20.5 Å². The molecule has 0 saturated heterocycles. The van der Waals surface area contributed by atoms with Crippen LogP contribution < -0.4 is 10.1 Å². The Morgan fingerprint density at radius 2 is 2.00 bits per heavy atom. The molecule has 0 spiro atoms. The van der Waals surface area contributed by atoms with Crippen LogP contribution in [0.15, 0.2) is 30.3 Å². The zero-order valence-electron chi connectivity index (χ0n) is 10.0. The van der Waals surface area contributed by atoms with Crippen molar-refractivity contribution in [3.8, 4) is 5.75 Å². The summed E-state index contributed by atoms with van der Waals surface area (Å²) in [6.45, 7) is 0. The maximum Gasteiger partial charge on any atom is 0.124 e. The predicted molar refractivity (Wildman–Crippen MR) is 78.2 cm³/mol. The van der Waals surface area contributed by atoms with Crippen molar-refractivity contribution >= 4 is 34.5 Å². The maximum atomic E-state index is 6.06. The molecule has 1 N–H and O–H groups in total. The molecule has 96 valence electrons. The second kappa shape index (κ2) is 5.93. The minimum absolute atomic E-state index is 0.0242. The predicted octanol–water partition coefficient (Wildman–Crippen LogP) is 4.37. The number of hydrogen-bond donors (Lipinski definition) is 1. The van der Waals surface area contributed by atoms with Crippen molar-refractivity contribution in [3.05, 3.63) is 50.1 Å². The Hall–Kier alpha value is -0.740. The van der Waals surface area contributed by atoms with E-state index in [0.29, 0.717) is 5.02 Å². The molecule has 0 fully saturated rings. The van der Waals surface area contributed by atoms with Gasteiger partial charge >= 0.3 is 0 Å². The molecule has 0 saturated carbocycles. The number of thiophene rings is 1. The van der Waals surface area contributed by atoms with Gasteiger partial charge in [-0.3, -0.25) is 0 Å². The summed E-state index contributed by atoms with van der Waals surface area (Å²) in [5.74, 6) is 0.809. The summed E-state index contributed by atoms with van der Waals surface area (Å²) in [7, 11) is 3.56. The highest BCUT2D eigenvalue weighted by molar-refractivity contribution is 7.16. The van der Waals surface area contributed by atoms with Gasteiger partial charge in [-0.2, -0.15) is 0 Å². The van der Waals surface area contributed by atoms with Crippen LogP contribution in [-0.4, -0.2) is 14.2 Å². The lowest BCUT2D eigenvalue weighted by Crippen LogP contribution is -2.17. The highest BCUT2D eigenvalue weighted by Gasteiger charge is 2.18. The van der Waals surface area contributed by atoms with Crippen LogP contribution >= 0.6 is 34.5 Å². The van der Waals surface area contributed by atoms with Crippen molar-refractivity contribution in [1.82, 2.24) is 5.32 Å². The van der Waals surface area contributed by atoms with E-state index in [-0.39, 0.29) is 6.04 Å². The monoisotopic (exact) mass is 301 g/mol. The van der Waals surface area contributed by atoms with E-state index in [1.807, 2.05) is 37.4 Å². The van der Waals surface area contributed by atoms with E-state index in [1.54, 1.807) is 18.4 Å². The Kier molecular flexibility index (Phi) is 4.51. The highest BCUT2D eigenvalue weighted by atomic mass is 35.5. The first-order valence-corrected chi connectivity index (χ1v) is 6.99. The molecule has 0 aliphatic rings. The zero-order chi connectivity index (χ0) is 13.1. The second-order valence-corrected chi connectivity index (χ2v) is 5.93. The summed E-state index contributed by atoms with van der Waals surface area (Å²) in [6.07, 6.45) is 0. The van der Waals surface area contributed by atoms with Crippen LogP contribution in [0.4, 0.5) is 0 Å². The Morgan fingerprint density at radius 3 is 2.56 bits per heavy atom. The highest BCUT2D eigenvalue weighted by Crippen LogP contribution is 2.36. The fourth-order valence-electron chi connectivity index (χ4n) is 1.87. The molecule has 5 heteroatoms. The zero-order valence-corrected chi connectivity index (χ0v) is 12.4. The molecule has 2 nitrogen and oxygen atoms in total. The van der Waals surface area contributed by atoms with Crippen LogP contribution in [0.2, 0.25) is 9.36 Å². The van der Waals surface area contributed by atoms with Gasteiger partial charge in [0.25, 0.3) is 0 Å². The first kappa shape index (κ1) is 13.7. The summed E-state index contributed by atoms with van der Waals surface area (Å²) in [5, 5.41) is 3.95. The van der Waals surface area contributed by atoms with Crippen LogP contribution in [0.5, 0.6) is 5.75 Å². The number of hydrogen-bond acceptors (Lipinski definition) is 3. The smallest absolute Gasteiger partial charge is 0.124 e. The molecule has 1 aromatic carbocycles. The summed E-state index contributed by atoms with van der Waals surface area (Å²) in [4.78, 5) is 1.13. The molecule has 1 atom stereocenters. The lowest BCUT2D eigenvalue weighted by molar-refractivity contribution is 0.405. The van der Waals surface area contributed by atoms with Crippen molar-refractivity contribution in [2.75, 3.05) is 14.2 Å². The number of rotatable bonds is 4. The van der Waals surface area contributed by atoms with E-state index in [2.05, 4.69) is 5.32 Å². The Labute approximate surface area is 120 Å². The topological polar surface area (TPSA) is 21.3 Å². The fourth-order valence-corrected chi connectivity index (χ4v) is 3.24. The lowest BCUT2D eigenvalue weighted by atomic mass is 10.0. The van der Waals surface area contributed by atoms with E-state index < -0.39 is 0 Å². The van der Waals surface area contributed by atoms with Gasteiger partial charge in [0.1, 0.15) is 5.75 Å². The molecule has 1 heterocycles. The van der Waals surface area contributed by atoms with E-state index in [4.69, 9.17) is 27.9 Å². The van der Waals surface area contributed by atoms with Gasteiger partial charge in [-0.25, -0.2) is 0 Å².